The molecule has 26 heavy (non-hydrogen) atoms. The summed E-state index contributed by atoms with van der Waals surface area (Å²) in [6.07, 6.45) is 5.74. The molecular weight excluding hydrogens is 328 g/mol. The molecule has 1 aliphatic rings. The smallest absolute Gasteiger partial charge is 0.270 e. The van der Waals surface area contributed by atoms with Crippen molar-refractivity contribution in [2.45, 2.75) is 51.6 Å². The summed E-state index contributed by atoms with van der Waals surface area (Å²) in [7, 11) is 1.65. The Morgan fingerprint density at radius 1 is 1.15 bits per heavy atom. The Labute approximate surface area is 154 Å². The predicted octanol–water partition coefficient (Wildman–Crippen LogP) is 3.47. The Morgan fingerprint density at radius 3 is 2.58 bits per heavy atom. The molecule has 6 nitrogen and oxygen atoms in total. The van der Waals surface area contributed by atoms with Crippen molar-refractivity contribution in [1.82, 2.24) is 15.3 Å². The van der Waals surface area contributed by atoms with Gasteiger partial charge in [0.15, 0.2) is 0 Å². The molecule has 0 unspecified atom stereocenters. The number of rotatable bonds is 6. The molecule has 0 radical (unpaired) electrons. The number of hydrogen-bond donors (Lipinski definition) is 2. The van der Waals surface area contributed by atoms with Crippen LogP contribution >= 0.6 is 0 Å². The molecule has 1 saturated carbocycles. The summed E-state index contributed by atoms with van der Waals surface area (Å²) in [5, 5.41) is 6.30. The first-order valence-corrected chi connectivity index (χ1v) is 9.17. The lowest BCUT2D eigenvalue weighted by Crippen LogP contribution is -2.36. The van der Waals surface area contributed by atoms with Crippen molar-refractivity contribution in [3.8, 4) is 5.75 Å². The zero-order chi connectivity index (χ0) is 18.4. The highest BCUT2D eigenvalue weighted by Gasteiger charge is 2.18. The topological polar surface area (TPSA) is 76.1 Å². The van der Waals surface area contributed by atoms with Crippen molar-refractivity contribution in [3.63, 3.8) is 0 Å². The number of amides is 1. The van der Waals surface area contributed by atoms with E-state index in [0.29, 0.717) is 18.2 Å². The zero-order valence-electron chi connectivity index (χ0n) is 15.4. The maximum absolute atomic E-state index is 12.5. The minimum absolute atomic E-state index is 0.116. The van der Waals surface area contributed by atoms with Gasteiger partial charge in [-0.3, -0.25) is 4.79 Å². The van der Waals surface area contributed by atoms with Gasteiger partial charge >= 0.3 is 0 Å². The first-order chi connectivity index (χ1) is 12.6. The van der Waals surface area contributed by atoms with E-state index in [1.807, 2.05) is 31.2 Å². The molecule has 3 rings (SSSR count). The number of aromatic nitrogens is 2. The molecule has 0 atom stereocenters. The number of carbonyl (C=O) groups excluding carboxylic acids is 1. The van der Waals surface area contributed by atoms with Gasteiger partial charge in [-0.05, 0) is 43.5 Å². The van der Waals surface area contributed by atoms with Crippen molar-refractivity contribution >= 4 is 11.9 Å². The summed E-state index contributed by atoms with van der Waals surface area (Å²) in [6, 6.07) is 9.80. The predicted molar refractivity (Wildman–Crippen MR) is 101 cm³/mol. The summed E-state index contributed by atoms with van der Waals surface area (Å²) in [4.78, 5) is 21.3. The Bertz CT molecular complexity index is 740. The van der Waals surface area contributed by atoms with Crippen LogP contribution < -0.4 is 15.4 Å². The number of hydrogen-bond acceptors (Lipinski definition) is 5. The molecule has 1 aromatic heterocycles. The molecule has 1 aliphatic carbocycles. The maximum Gasteiger partial charge on any atom is 0.270 e. The molecule has 0 spiro atoms. The van der Waals surface area contributed by atoms with Crippen LogP contribution in [0.2, 0.25) is 0 Å². The minimum Gasteiger partial charge on any atom is -0.497 e. The fourth-order valence-electron chi connectivity index (χ4n) is 3.19. The van der Waals surface area contributed by atoms with Crippen LogP contribution in [-0.4, -0.2) is 29.0 Å². The summed E-state index contributed by atoms with van der Waals surface area (Å²) in [5.74, 6) is 1.17. The van der Waals surface area contributed by atoms with Crippen molar-refractivity contribution in [2.75, 3.05) is 12.4 Å². The van der Waals surface area contributed by atoms with E-state index in [1.165, 1.54) is 19.3 Å². The van der Waals surface area contributed by atoms with E-state index < -0.39 is 0 Å². The molecule has 0 bridgehead atoms. The second-order valence-electron chi connectivity index (χ2n) is 6.73. The van der Waals surface area contributed by atoms with E-state index in [1.54, 1.807) is 13.2 Å². The molecule has 6 heteroatoms. The van der Waals surface area contributed by atoms with Gasteiger partial charge in [-0.1, -0.05) is 31.4 Å². The first kappa shape index (κ1) is 18.2. The van der Waals surface area contributed by atoms with Gasteiger partial charge in [0.05, 0.1) is 7.11 Å². The lowest BCUT2D eigenvalue weighted by atomic mass is 9.95. The number of nitrogens with one attached hydrogen (secondary N) is 2. The van der Waals surface area contributed by atoms with Gasteiger partial charge in [-0.25, -0.2) is 9.97 Å². The summed E-state index contributed by atoms with van der Waals surface area (Å²) >= 11 is 0. The Balaban J connectivity index is 1.63. The van der Waals surface area contributed by atoms with E-state index in [9.17, 15) is 4.79 Å². The molecular formula is C20H26N4O2. The SMILES string of the molecule is COc1ccc(CNc2nc(C)cc(C(=O)NC3CCCCC3)n2)cc1. The molecule has 138 valence electrons. The standard InChI is InChI=1S/C20H26N4O2/c1-14-12-18(19(25)23-16-6-4-3-5-7-16)24-20(22-14)21-13-15-8-10-17(26-2)11-9-15/h8-12,16H,3-7,13H2,1-2H3,(H,23,25)(H,21,22,24). The Hall–Kier alpha value is -2.63. The molecule has 2 aromatic rings. The number of aryl methyl sites for hydroxylation is 1. The number of benzene rings is 1. The quantitative estimate of drug-likeness (QED) is 0.831. The second-order valence-corrected chi connectivity index (χ2v) is 6.73. The molecule has 2 N–H and O–H groups in total. The van der Waals surface area contributed by atoms with Crippen LogP contribution in [0.3, 0.4) is 0 Å². The largest absolute Gasteiger partial charge is 0.497 e. The van der Waals surface area contributed by atoms with Crippen molar-refractivity contribution in [1.29, 1.82) is 0 Å². The van der Waals surface area contributed by atoms with Crippen molar-refractivity contribution in [2.24, 2.45) is 0 Å². The van der Waals surface area contributed by atoms with Gasteiger partial charge in [0.1, 0.15) is 11.4 Å². The van der Waals surface area contributed by atoms with Crippen LogP contribution in [0.25, 0.3) is 0 Å². The highest BCUT2D eigenvalue weighted by molar-refractivity contribution is 5.92. The highest BCUT2D eigenvalue weighted by atomic mass is 16.5. The van der Waals surface area contributed by atoms with Crippen molar-refractivity contribution in [3.05, 3.63) is 47.3 Å². The number of methoxy groups -OCH3 is 1. The van der Waals surface area contributed by atoms with Gasteiger partial charge in [0.25, 0.3) is 5.91 Å². The van der Waals surface area contributed by atoms with Gasteiger partial charge in [0, 0.05) is 18.3 Å². The van der Waals surface area contributed by atoms with E-state index >= 15 is 0 Å². The number of ether oxygens (including phenoxy) is 1. The normalized spacial score (nSPS) is 14.7. The maximum atomic E-state index is 12.5. The number of carbonyl (C=O) groups is 1. The number of nitrogens with zero attached hydrogens (tertiary/aromatic N) is 2. The lowest BCUT2D eigenvalue weighted by molar-refractivity contribution is 0.0922. The minimum atomic E-state index is -0.116. The van der Waals surface area contributed by atoms with Crippen LogP contribution in [-0.2, 0) is 6.54 Å². The van der Waals surface area contributed by atoms with Crippen LogP contribution in [0.4, 0.5) is 5.95 Å². The third-order valence-corrected chi connectivity index (χ3v) is 4.64. The van der Waals surface area contributed by atoms with Crippen LogP contribution in [0.1, 0.15) is 53.8 Å². The average Bonchev–Trinajstić information content (AvgIpc) is 2.67. The third kappa shape index (κ3) is 4.94. The summed E-state index contributed by atoms with van der Waals surface area (Å²) in [5.41, 5.74) is 2.27. The van der Waals surface area contributed by atoms with Crippen LogP contribution in [0.5, 0.6) is 5.75 Å². The first-order valence-electron chi connectivity index (χ1n) is 9.17. The molecule has 1 aromatic carbocycles. The van der Waals surface area contributed by atoms with Gasteiger partial charge in [0.2, 0.25) is 5.95 Å². The van der Waals surface area contributed by atoms with Gasteiger partial charge in [-0.15, -0.1) is 0 Å². The van der Waals surface area contributed by atoms with Crippen LogP contribution in [0.15, 0.2) is 30.3 Å². The molecule has 0 saturated heterocycles. The van der Waals surface area contributed by atoms with Gasteiger partial charge in [-0.2, -0.15) is 0 Å². The highest BCUT2D eigenvalue weighted by Crippen LogP contribution is 2.18. The fourth-order valence-corrected chi connectivity index (χ4v) is 3.19. The van der Waals surface area contributed by atoms with Gasteiger partial charge < -0.3 is 15.4 Å². The second kappa shape index (κ2) is 8.65. The van der Waals surface area contributed by atoms with E-state index in [-0.39, 0.29) is 11.9 Å². The Kier molecular flexibility index (Phi) is 6.04. The third-order valence-electron chi connectivity index (χ3n) is 4.64. The Morgan fingerprint density at radius 2 is 1.88 bits per heavy atom. The monoisotopic (exact) mass is 354 g/mol. The zero-order valence-corrected chi connectivity index (χ0v) is 15.4. The number of anilines is 1. The molecule has 1 amide bonds. The molecule has 1 fully saturated rings. The van der Waals surface area contributed by atoms with E-state index in [0.717, 1.165) is 29.8 Å². The average molecular weight is 354 g/mol. The molecule has 0 aliphatic heterocycles. The van der Waals surface area contributed by atoms with E-state index in [4.69, 9.17) is 4.74 Å². The summed E-state index contributed by atoms with van der Waals surface area (Å²) in [6.45, 7) is 2.45. The van der Waals surface area contributed by atoms with Crippen molar-refractivity contribution < 1.29 is 9.53 Å². The lowest BCUT2D eigenvalue weighted by Gasteiger charge is -2.22. The summed E-state index contributed by atoms with van der Waals surface area (Å²) < 4.78 is 5.16. The van der Waals surface area contributed by atoms with Crippen LogP contribution in [0, 0.1) is 6.92 Å². The fraction of sp³-hybridized carbons (Fsp3) is 0.450. The van der Waals surface area contributed by atoms with E-state index in [2.05, 4.69) is 20.6 Å². The molecule has 1 heterocycles.